The lowest BCUT2D eigenvalue weighted by Gasteiger charge is -2.27. The van der Waals surface area contributed by atoms with Crippen LogP contribution in [0.1, 0.15) is 19.3 Å². The average Bonchev–Trinajstić information content (AvgIpc) is 2.49. The number of benzene rings is 1. The Hall–Kier alpha value is -0.710. The second-order valence-corrected chi connectivity index (χ2v) is 6.15. The van der Waals surface area contributed by atoms with Crippen LogP contribution in [0.25, 0.3) is 0 Å². The van der Waals surface area contributed by atoms with Crippen molar-refractivity contribution >= 4 is 11.8 Å². The molecule has 0 radical (unpaired) electrons. The van der Waals surface area contributed by atoms with Crippen molar-refractivity contribution in [1.29, 1.82) is 0 Å². The minimum Gasteiger partial charge on any atom is -0.492 e. The van der Waals surface area contributed by atoms with Crippen LogP contribution in [0, 0.1) is 0 Å². The quantitative estimate of drug-likeness (QED) is 0.720. The van der Waals surface area contributed by atoms with Crippen molar-refractivity contribution in [2.75, 3.05) is 39.6 Å². The van der Waals surface area contributed by atoms with Gasteiger partial charge >= 0.3 is 0 Å². The lowest BCUT2D eigenvalue weighted by Crippen LogP contribution is -2.35. The van der Waals surface area contributed by atoms with Crippen LogP contribution in [0.2, 0.25) is 0 Å². The maximum Gasteiger partial charge on any atom is 0.119 e. The summed E-state index contributed by atoms with van der Waals surface area (Å²) in [5.41, 5.74) is 0. The molecule has 1 fully saturated rings. The van der Waals surface area contributed by atoms with E-state index in [2.05, 4.69) is 30.3 Å². The number of rotatable bonds is 7. The Labute approximate surface area is 126 Å². The van der Waals surface area contributed by atoms with Crippen molar-refractivity contribution in [3.8, 4) is 5.75 Å². The predicted molar refractivity (Wildman–Crippen MR) is 84.8 cm³/mol. The van der Waals surface area contributed by atoms with Crippen molar-refractivity contribution in [2.45, 2.75) is 30.3 Å². The van der Waals surface area contributed by atoms with Gasteiger partial charge in [0.1, 0.15) is 12.4 Å². The first-order valence-corrected chi connectivity index (χ1v) is 8.57. The number of nitrogens with zero attached hydrogens (tertiary/aromatic N) is 1. The van der Waals surface area contributed by atoms with Crippen molar-refractivity contribution in [3.63, 3.8) is 0 Å². The fourth-order valence-electron chi connectivity index (χ4n) is 2.38. The molecule has 1 aromatic rings. The van der Waals surface area contributed by atoms with E-state index in [1.54, 1.807) is 11.8 Å². The molecule has 0 spiro atoms. The predicted octanol–water partition coefficient (Wildman–Crippen LogP) is 3.29. The largest absolute Gasteiger partial charge is 0.492 e. The number of hydrogen-bond donors (Lipinski definition) is 0. The van der Waals surface area contributed by atoms with Crippen molar-refractivity contribution in [1.82, 2.24) is 4.90 Å². The second-order valence-electron chi connectivity index (χ2n) is 5.27. The molecule has 1 aliphatic rings. The van der Waals surface area contributed by atoms with Crippen LogP contribution < -0.4 is 4.74 Å². The van der Waals surface area contributed by atoms with Gasteiger partial charge in [-0.2, -0.15) is 0 Å². The van der Waals surface area contributed by atoms with Gasteiger partial charge in [-0.3, -0.25) is 0 Å². The number of hydrogen-bond acceptors (Lipinski definition) is 4. The third-order valence-electron chi connectivity index (χ3n) is 3.59. The topological polar surface area (TPSA) is 21.7 Å². The molecule has 0 saturated carbocycles. The first-order chi connectivity index (χ1) is 9.78. The summed E-state index contributed by atoms with van der Waals surface area (Å²) in [6, 6.07) is 8.27. The van der Waals surface area contributed by atoms with E-state index in [1.807, 2.05) is 12.1 Å². The van der Waals surface area contributed by atoms with Crippen molar-refractivity contribution < 1.29 is 9.47 Å². The molecule has 4 heteroatoms. The molecule has 1 saturated heterocycles. The van der Waals surface area contributed by atoms with E-state index in [9.17, 15) is 0 Å². The molecule has 20 heavy (non-hydrogen) atoms. The van der Waals surface area contributed by atoms with Crippen LogP contribution in [-0.4, -0.2) is 50.6 Å². The summed E-state index contributed by atoms with van der Waals surface area (Å²) < 4.78 is 11.5. The maximum absolute atomic E-state index is 5.77. The van der Waals surface area contributed by atoms with Gasteiger partial charge < -0.3 is 14.4 Å². The zero-order valence-electron chi connectivity index (χ0n) is 12.5. The van der Waals surface area contributed by atoms with E-state index >= 15 is 0 Å². The fraction of sp³-hybridized carbons (Fsp3) is 0.625. The molecule has 0 aromatic heterocycles. The Morgan fingerprint density at radius 2 is 2.10 bits per heavy atom. The van der Waals surface area contributed by atoms with Gasteiger partial charge in [0.2, 0.25) is 0 Å². The lowest BCUT2D eigenvalue weighted by atomic mass is 10.1. The molecule has 1 heterocycles. The van der Waals surface area contributed by atoms with Crippen molar-refractivity contribution in [3.05, 3.63) is 24.3 Å². The van der Waals surface area contributed by atoms with Gasteiger partial charge in [-0.05, 0) is 56.8 Å². The van der Waals surface area contributed by atoms with E-state index in [1.165, 1.54) is 24.2 Å². The highest BCUT2D eigenvalue weighted by Gasteiger charge is 2.15. The highest BCUT2D eigenvalue weighted by atomic mass is 32.2. The highest BCUT2D eigenvalue weighted by Crippen LogP contribution is 2.19. The molecule has 1 aliphatic heterocycles. The minimum atomic E-state index is 0.412. The van der Waals surface area contributed by atoms with Gasteiger partial charge in [-0.1, -0.05) is 0 Å². The van der Waals surface area contributed by atoms with Crippen LogP contribution in [0.5, 0.6) is 5.75 Å². The molecular formula is C16H25NO2S. The monoisotopic (exact) mass is 295 g/mol. The standard InChI is InChI=1S/C16H25NO2S/c1-17(13-15-5-3-4-11-18-15)10-12-19-14-6-8-16(20-2)9-7-14/h6-9,15H,3-5,10-13H2,1-2H3/t15-/m0/s1. The zero-order chi connectivity index (χ0) is 14.2. The number of likely N-dealkylation sites (N-methyl/N-ethyl adjacent to an activating group) is 1. The maximum atomic E-state index is 5.77. The van der Waals surface area contributed by atoms with Crippen LogP contribution in [0.15, 0.2) is 29.2 Å². The summed E-state index contributed by atoms with van der Waals surface area (Å²) in [6.45, 7) is 3.59. The zero-order valence-corrected chi connectivity index (χ0v) is 13.3. The molecule has 1 atom stereocenters. The van der Waals surface area contributed by atoms with Gasteiger partial charge in [0.05, 0.1) is 6.10 Å². The molecule has 3 nitrogen and oxygen atoms in total. The van der Waals surface area contributed by atoms with E-state index < -0.39 is 0 Å². The summed E-state index contributed by atoms with van der Waals surface area (Å²) in [4.78, 5) is 3.57. The van der Waals surface area contributed by atoms with E-state index in [0.717, 1.165) is 32.1 Å². The van der Waals surface area contributed by atoms with Crippen molar-refractivity contribution in [2.24, 2.45) is 0 Å². The van der Waals surface area contributed by atoms with Crippen LogP contribution in [0.4, 0.5) is 0 Å². The van der Waals surface area contributed by atoms with Crippen LogP contribution in [0.3, 0.4) is 0 Å². The van der Waals surface area contributed by atoms with Gasteiger partial charge in [0, 0.05) is 24.6 Å². The third kappa shape index (κ3) is 5.35. The average molecular weight is 295 g/mol. The molecule has 0 aliphatic carbocycles. The minimum absolute atomic E-state index is 0.412. The first kappa shape index (κ1) is 15.7. The summed E-state index contributed by atoms with van der Waals surface area (Å²) in [6.07, 6.45) is 6.21. The number of ether oxygens (including phenoxy) is 2. The molecule has 0 amide bonds. The lowest BCUT2D eigenvalue weighted by molar-refractivity contribution is -0.00282. The third-order valence-corrected chi connectivity index (χ3v) is 4.33. The first-order valence-electron chi connectivity index (χ1n) is 7.35. The SMILES string of the molecule is CSc1ccc(OCCN(C)C[C@@H]2CCCCO2)cc1. The van der Waals surface area contributed by atoms with Gasteiger partial charge in [0.25, 0.3) is 0 Å². The molecule has 1 aromatic carbocycles. The van der Waals surface area contributed by atoms with Gasteiger partial charge in [-0.25, -0.2) is 0 Å². The number of thioether (sulfide) groups is 1. The molecule has 0 bridgehead atoms. The molecule has 0 unspecified atom stereocenters. The Morgan fingerprint density at radius 1 is 1.30 bits per heavy atom. The normalized spacial score (nSPS) is 19.2. The molecular weight excluding hydrogens is 270 g/mol. The second kappa shape index (κ2) is 8.55. The van der Waals surface area contributed by atoms with Crippen LogP contribution >= 0.6 is 11.8 Å². The fourth-order valence-corrected chi connectivity index (χ4v) is 2.79. The van der Waals surface area contributed by atoms with E-state index in [0.29, 0.717) is 6.10 Å². The highest BCUT2D eigenvalue weighted by molar-refractivity contribution is 7.98. The van der Waals surface area contributed by atoms with E-state index in [4.69, 9.17) is 9.47 Å². The Kier molecular flexibility index (Phi) is 6.70. The summed E-state index contributed by atoms with van der Waals surface area (Å²) in [7, 11) is 2.14. The van der Waals surface area contributed by atoms with E-state index in [-0.39, 0.29) is 0 Å². The van der Waals surface area contributed by atoms with Gasteiger partial charge in [0.15, 0.2) is 0 Å². The molecule has 112 valence electrons. The summed E-state index contributed by atoms with van der Waals surface area (Å²) in [5.74, 6) is 0.949. The Morgan fingerprint density at radius 3 is 2.75 bits per heavy atom. The molecule has 0 N–H and O–H groups in total. The Bertz CT molecular complexity index is 377. The summed E-state index contributed by atoms with van der Waals surface area (Å²) >= 11 is 1.75. The summed E-state index contributed by atoms with van der Waals surface area (Å²) in [5, 5.41) is 0. The smallest absolute Gasteiger partial charge is 0.119 e. The molecule has 2 rings (SSSR count). The Balaban J connectivity index is 1.63. The van der Waals surface area contributed by atoms with Crippen LogP contribution in [-0.2, 0) is 4.74 Å². The van der Waals surface area contributed by atoms with Gasteiger partial charge in [-0.15, -0.1) is 11.8 Å².